The summed E-state index contributed by atoms with van der Waals surface area (Å²) in [5.41, 5.74) is 5.14. The smallest absolute Gasteiger partial charge is 0.225 e. The number of hydrogen-bond acceptors (Lipinski definition) is 4. The molecule has 0 spiro atoms. The average molecular weight is 383 g/mol. The summed E-state index contributed by atoms with van der Waals surface area (Å²) >= 11 is 0. The second-order valence-corrected chi connectivity index (χ2v) is 7.52. The third-order valence-corrected chi connectivity index (χ3v) is 5.76. The molecule has 5 nitrogen and oxygen atoms in total. The van der Waals surface area contributed by atoms with Crippen molar-refractivity contribution in [2.24, 2.45) is 0 Å². The maximum Gasteiger partial charge on any atom is 0.225 e. The summed E-state index contributed by atoms with van der Waals surface area (Å²) in [4.78, 5) is 17.3. The van der Waals surface area contributed by atoms with E-state index in [1.807, 2.05) is 18.5 Å². The third kappa shape index (κ3) is 3.74. The topological polar surface area (TPSA) is 48.1 Å². The zero-order valence-electron chi connectivity index (χ0n) is 16.5. The Morgan fingerprint density at radius 1 is 0.793 bits per heavy atom. The van der Waals surface area contributed by atoms with E-state index < -0.39 is 0 Å². The van der Waals surface area contributed by atoms with Gasteiger partial charge in [0, 0.05) is 61.7 Å². The van der Waals surface area contributed by atoms with Crippen LogP contribution in [0.4, 0.5) is 5.95 Å². The van der Waals surface area contributed by atoms with Crippen molar-refractivity contribution in [3.63, 3.8) is 0 Å². The van der Waals surface area contributed by atoms with Crippen molar-refractivity contribution in [2.45, 2.75) is 6.42 Å². The molecule has 3 heterocycles. The normalized spacial score (nSPS) is 15.1. The lowest BCUT2D eigenvalue weighted by Crippen LogP contribution is -2.47. The minimum absolute atomic E-state index is 0.843. The minimum atomic E-state index is 0.843. The summed E-state index contributed by atoms with van der Waals surface area (Å²) in [6, 6.07) is 21.2. The molecule has 2 aromatic carbocycles. The number of aromatic amines is 1. The van der Waals surface area contributed by atoms with E-state index in [9.17, 15) is 0 Å². The number of fused-ring (bicyclic) bond motifs is 1. The molecule has 146 valence electrons. The monoisotopic (exact) mass is 383 g/mol. The summed E-state index contributed by atoms with van der Waals surface area (Å²) in [6.45, 7) is 5.10. The number of aromatic nitrogens is 3. The number of nitrogens with one attached hydrogen (secondary N) is 1. The standard InChI is InChI=1S/C24H25N5/c1-2-7-19(8-3-1)23-21(20-9-4-5-10-22(20)27-23)11-14-28-15-17-29(18-16-28)24-25-12-6-13-26-24/h1-10,12-13,27H,11,14-18H2. The summed E-state index contributed by atoms with van der Waals surface area (Å²) in [7, 11) is 0. The molecule has 1 fully saturated rings. The fourth-order valence-corrected chi connectivity index (χ4v) is 4.21. The fraction of sp³-hybridized carbons (Fsp3) is 0.250. The lowest BCUT2D eigenvalue weighted by atomic mass is 10.0. The zero-order chi connectivity index (χ0) is 19.5. The van der Waals surface area contributed by atoms with Crippen LogP contribution in [0.25, 0.3) is 22.2 Å². The van der Waals surface area contributed by atoms with Crippen molar-refractivity contribution in [1.82, 2.24) is 19.9 Å². The summed E-state index contributed by atoms with van der Waals surface area (Å²) in [5, 5.41) is 1.34. The van der Waals surface area contributed by atoms with Crippen molar-refractivity contribution in [3.8, 4) is 11.3 Å². The molecule has 0 amide bonds. The van der Waals surface area contributed by atoms with Gasteiger partial charge in [0.1, 0.15) is 0 Å². The number of rotatable bonds is 5. The molecule has 1 N–H and O–H groups in total. The number of nitrogens with zero attached hydrogens (tertiary/aromatic N) is 4. The molecule has 2 aromatic heterocycles. The van der Waals surface area contributed by atoms with Gasteiger partial charge in [-0.05, 0) is 29.7 Å². The lowest BCUT2D eigenvalue weighted by molar-refractivity contribution is 0.260. The summed E-state index contributed by atoms with van der Waals surface area (Å²) < 4.78 is 0. The van der Waals surface area contributed by atoms with E-state index in [2.05, 4.69) is 79.3 Å². The van der Waals surface area contributed by atoms with Gasteiger partial charge in [-0.25, -0.2) is 9.97 Å². The molecule has 5 rings (SSSR count). The van der Waals surface area contributed by atoms with Gasteiger partial charge in [0.15, 0.2) is 0 Å². The molecule has 0 radical (unpaired) electrons. The highest BCUT2D eigenvalue weighted by Gasteiger charge is 2.20. The Kier molecular flexibility index (Phi) is 4.97. The van der Waals surface area contributed by atoms with Crippen LogP contribution in [0.5, 0.6) is 0 Å². The Morgan fingerprint density at radius 3 is 2.31 bits per heavy atom. The highest BCUT2D eigenvalue weighted by Crippen LogP contribution is 2.30. The number of anilines is 1. The van der Waals surface area contributed by atoms with Crippen molar-refractivity contribution >= 4 is 16.9 Å². The molecular weight excluding hydrogens is 358 g/mol. The SMILES string of the molecule is c1ccc(-c2[nH]c3ccccc3c2CCN2CCN(c3ncccn3)CC2)cc1. The van der Waals surface area contributed by atoms with Gasteiger partial charge in [-0.1, -0.05) is 48.5 Å². The van der Waals surface area contributed by atoms with E-state index in [1.165, 1.54) is 27.7 Å². The van der Waals surface area contributed by atoms with Gasteiger partial charge >= 0.3 is 0 Å². The van der Waals surface area contributed by atoms with Gasteiger partial charge in [-0.2, -0.15) is 0 Å². The molecular formula is C24H25N5. The largest absolute Gasteiger partial charge is 0.354 e. The lowest BCUT2D eigenvalue weighted by Gasteiger charge is -2.34. The minimum Gasteiger partial charge on any atom is -0.354 e. The quantitative estimate of drug-likeness (QED) is 0.566. The maximum absolute atomic E-state index is 4.39. The second-order valence-electron chi connectivity index (χ2n) is 7.52. The van der Waals surface area contributed by atoms with Crippen LogP contribution in [-0.4, -0.2) is 52.6 Å². The zero-order valence-corrected chi connectivity index (χ0v) is 16.5. The highest BCUT2D eigenvalue weighted by atomic mass is 15.3. The number of piperazine rings is 1. The number of para-hydroxylation sites is 1. The van der Waals surface area contributed by atoms with Gasteiger partial charge in [0.2, 0.25) is 5.95 Å². The Labute approximate surface area is 171 Å². The molecule has 0 aliphatic carbocycles. The maximum atomic E-state index is 4.39. The second kappa shape index (κ2) is 8.05. The first-order chi connectivity index (χ1) is 14.4. The molecule has 1 aliphatic heterocycles. The van der Waals surface area contributed by atoms with Crippen molar-refractivity contribution < 1.29 is 0 Å². The molecule has 4 aromatic rings. The van der Waals surface area contributed by atoms with Crippen LogP contribution >= 0.6 is 0 Å². The third-order valence-electron chi connectivity index (χ3n) is 5.76. The molecule has 1 aliphatic rings. The fourth-order valence-electron chi connectivity index (χ4n) is 4.21. The first-order valence-corrected chi connectivity index (χ1v) is 10.3. The number of benzene rings is 2. The predicted molar refractivity (Wildman–Crippen MR) is 118 cm³/mol. The van der Waals surface area contributed by atoms with E-state index in [-0.39, 0.29) is 0 Å². The molecule has 0 saturated carbocycles. The van der Waals surface area contributed by atoms with Crippen LogP contribution in [0.2, 0.25) is 0 Å². The predicted octanol–water partition coefficient (Wildman–Crippen LogP) is 3.99. The van der Waals surface area contributed by atoms with Crippen LogP contribution in [0.3, 0.4) is 0 Å². The Hall–Kier alpha value is -3.18. The number of hydrogen-bond donors (Lipinski definition) is 1. The van der Waals surface area contributed by atoms with Crippen LogP contribution in [0, 0.1) is 0 Å². The first-order valence-electron chi connectivity index (χ1n) is 10.3. The van der Waals surface area contributed by atoms with Gasteiger partial charge < -0.3 is 9.88 Å². The van der Waals surface area contributed by atoms with E-state index in [1.54, 1.807) is 0 Å². The van der Waals surface area contributed by atoms with Crippen molar-refractivity contribution in [2.75, 3.05) is 37.6 Å². The van der Waals surface area contributed by atoms with Gasteiger partial charge in [-0.3, -0.25) is 4.90 Å². The van der Waals surface area contributed by atoms with Gasteiger partial charge in [0.25, 0.3) is 0 Å². The molecule has 1 saturated heterocycles. The van der Waals surface area contributed by atoms with Gasteiger partial charge in [-0.15, -0.1) is 0 Å². The van der Waals surface area contributed by atoms with Gasteiger partial charge in [0.05, 0.1) is 0 Å². The highest BCUT2D eigenvalue weighted by molar-refractivity contribution is 5.90. The Bertz CT molecular complexity index is 1070. The van der Waals surface area contributed by atoms with Crippen LogP contribution < -0.4 is 4.90 Å². The van der Waals surface area contributed by atoms with Crippen LogP contribution in [0.15, 0.2) is 73.1 Å². The molecule has 29 heavy (non-hydrogen) atoms. The Balaban J connectivity index is 1.31. The summed E-state index contributed by atoms with van der Waals surface area (Å²) in [6.07, 6.45) is 4.67. The number of H-pyrrole nitrogens is 1. The average Bonchev–Trinajstić information content (AvgIpc) is 3.18. The van der Waals surface area contributed by atoms with E-state index in [0.29, 0.717) is 0 Å². The molecule has 0 bridgehead atoms. The van der Waals surface area contributed by atoms with E-state index in [4.69, 9.17) is 0 Å². The van der Waals surface area contributed by atoms with Crippen LogP contribution in [-0.2, 0) is 6.42 Å². The molecule has 0 unspecified atom stereocenters. The van der Waals surface area contributed by atoms with E-state index in [0.717, 1.165) is 45.1 Å². The Morgan fingerprint density at radius 2 is 1.52 bits per heavy atom. The first kappa shape index (κ1) is 17.9. The van der Waals surface area contributed by atoms with Crippen molar-refractivity contribution in [3.05, 3.63) is 78.6 Å². The van der Waals surface area contributed by atoms with Crippen molar-refractivity contribution in [1.29, 1.82) is 0 Å². The van der Waals surface area contributed by atoms with E-state index >= 15 is 0 Å². The summed E-state index contributed by atoms with van der Waals surface area (Å²) in [5.74, 6) is 0.843. The van der Waals surface area contributed by atoms with Crippen LogP contribution in [0.1, 0.15) is 5.56 Å². The molecule has 5 heteroatoms. The molecule has 0 atom stereocenters.